The number of aliphatic hydroxyl groups excluding tert-OH is 2. The fourth-order valence-electron chi connectivity index (χ4n) is 5.08. The Hall–Kier alpha value is -2.66. The molecule has 10 nitrogen and oxygen atoms in total. The van der Waals surface area contributed by atoms with E-state index in [4.69, 9.17) is 27.9 Å². The first-order chi connectivity index (χ1) is 15.8. The molecule has 0 unspecified atom stereocenters. The highest BCUT2D eigenvalue weighted by molar-refractivity contribution is 6.30. The lowest BCUT2D eigenvalue weighted by molar-refractivity contribution is -0.132. The summed E-state index contributed by atoms with van der Waals surface area (Å²) < 4.78 is 7.06. The van der Waals surface area contributed by atoms with Crippen molar-refractivity contribution in [2.75, 3.05) is 19.5 Å². The molecule has 2 fully saturated rings. The number of aromatic nitrogens is 4. The lowest BCUT2D eigenvalue weighted by atomic mass is 9.98. The number of nitrogens with zero attached hydrogens (tertiary/aromatic N) is 4. The van der Waals surface area contributed by atoms with Crippen LogP contribution in [0.2, 0.25) is 10.3 Å². The molecule has 4 N–H and O–H groups in total. The van der Waals surface area contributed by atoms with E-state index in [1.807, 2.05) is 0 Å². The summed E-state index contributed by atoms with van der Waals surface area (Å²) >= 11 is 12.3. The Morgan fingerprint density at radius 2 is 2.12 bits per heavy atom. The van der Waals surface area contributed by atoms with Gasteiger partial charge in [0.2, 0.25) is 11.2 Å². The number of benzene rings is 1. The number of carbonyl (C=O) groups is 1. The predicted molar refractivity (Wildman–Crippen MR) is 121 cm³/mol. The van der Waals surface area contributed by atoms with Gasteiger partial charge in [0.15, 0.2) is 17.0 Å². The zero-order valence-electron chi connectivity index (χ0n) is 17.8. The van der Waals surface area contributed by atoms with Crippen LogP contribution >= 0.6 is 23.2 Å². The Morgan fingerprint density at radius 1 is 1.33 bits per heavy atom. The summed E-state index contributed by atoms with van der Waals surface area (Å²) in [6.45, 7) is 0.339. The number of imidazole rings is 1. The number of hydrogen-bond donors (Lipinski definition) is 4. The number of anilines is 1. The van der Waals surface area contributed by atoms with Gasteiger partial charge in [0, 0.05) is 30.1 Å². The molecule has 1 amide bonds. The molecule has 5 rings (SSSR count). The van der Waals surface area contributed by atoms with E-state index in [9.17, 15) is 15.0 Å². The van der Waals surface area contributed by atoms with Crippen LogP contribution in [0.1, 0.15) is 18.0 Å². The van der Waals surface area contributed by atoms with Crippen LogP contribution in [0, 0.1) is 11.3 Å². The van der Waals surface area contributed by atoms with Crippen molar-refractivity contribution in [3.8, 4) is 5.75 Å². The molecule has 2 aromatic heterocycles. The van der Waals surface area contributed by atoms with E-state index in [0.29, 0.717) is 40.7 Å². The molecule has 0 aliphatic heterocycles. The molecule has 0 spiro atoms. The summed E-state index contributed by atoms with van der Waals surface area (Å²) in [6.07, 6.45) is -0.345. The van der Waals surface area contributed by atoms with Crippen LogP contribution < -0.4 is 15.4 Å². The first-order valence-corrected chi connectivity index (χ1v) is 11.1. The molecule has 2 heterocycles. The van der Waals surface area contributed by atoms with Gasteiger partial charge in [-0.05, 0) is 36.2 Å². The molecule has 2 saturated carbocycles. The quantitative estimate of drug-likeness (QED) is 0.382. The molecule has 3 aromatic rings. The number of aliphatic hydroxyl groups is 2. The highest BCUT2D eigenvalue weighted by Gasteiger charge is 2.75. The smallest absolute Gasteiger partial charge is 0.229 e. The maximum atomic E-state index is 12.4. The second kappa shape index (κ2) is 7.98. The summed E-state index contributed by atoms with van der Waals surface area (Å²) in [6, 6.07) is 4.73. The minimum atomic E-state index is -1.19. The number of ether oxygens (including phenoxy) is 1. The van der Waals surface area contributed by atoms with Gasteiger partial charge in [0.05, 0.1) is 31.0 Å². The number of halogens is 2. The van der Waals surface area contributed by atoms with Crippen molar-refractivity contribution in [1.82, 2.24) is 24.8 Å². The van der Waals surface area contributed by atoms with E-state index in [-0.39, 0.29) is 17.1 Å². The third kappa shape index (κ3) is 3.31. The number of methoxy groups -OCH3 is 1. The Morgan fingerprint density at radius 3 is 2.85 bits per heavy atom. The summed E-state index contributed by atoms with van der Waals surface area (Å²) in [7, 11) is 3.09. The number of nitrogens with one attached hydrogen (secondary N) is 2. The second-order valence-electron chi connectivity index (χ2n) is 8.33. The van der Waals surface area contributed by atoms with Gasteiger partial charge in [-0.15, -0.1) is 0 Å². The molecule has 12 heteroatoms. The van der Waals surface area contributed by atoms with Gasteiger partial charge in [-0.25, -0.2) is 4.98 Å². The molecule has 0 bridgehead atoms. The van der Waals surface area contributed by atoms with E-state index in [2.05, 4.69) is 25.6 Å². The van der Waals surface area contributed by atoms with Crippen molar-refractivity contribution >= 4 is 46.1 Å². The average molecular weight is 493 g/mol. The summed E-state index contributed by atoms with van der Waals surface area (Å²) in [5.74, 6) is 0.528. The van der Waals surface area contributed by atoms with Gasteiger partial charge in [-0.1, -0.05) is 11.6 Å². The minimum Gasteiger partial charge on any atom is -0.496 e. The Balaban J connectivity index is 1.49. The van der Waals surface area contributed by atoms with E-state index >= 15 is 0 Å². The highest BCUT2D eigenvalue weighted by Crippen LogP contribution is 2.67. The molecular formula is C21H22Cl2N6O4. The third-order valence-electron chi connectivity index (χ3n) is 6.73. The van der Waals surface area contributed by atoms with Gasteiger partial charge in [-0.3, -0.25) is 4.79 Å². The van der Waals surface area contributed by atoms with Gasteiger partial charge in [-0.2, -0.15) is 9.97 Å². The minimum absolute atomic E-state index is 0.00814. The fraction of sp³-hybridized carbons (Fsp3) is 0.429. The molecule has 0 radical (unpaired) electrons. The van der Waals surface area contributed by atoms with Crippen LogP contribution in [0.15, 0.2) is 24.5 Å². The summed E-state index contributed by atoms with van der Waals surface area (Å²) in [5, 5.41) is 27.8. The lowest BCUT2D eigenvalue weighted by Crippen LogP contribution is -2.41. The van der Waals surface area contributed by atoms with E-state index in [0.717, 1.165) is 5.56 Å². The standard InChI is InChI=1S/C21H22Cl2N6O4/c1-24-19(32)21-6-11(21)14(15(30)16(21)31)29-8-26-13-17(27-20(23)28-18(13)29)25-7-9-5-10(22)3-4-12(9)33-2/h3-5,8,11,14-16,30-31H,6-7H2,1-2H3,(H,24,32)(H,25,27,28)/t11-,14+,15+,16+,21+/m1/s1. The molecule has 174 valence electrons. The van der Waals surface area contributed by atoms with E-state index < -0.39 is 23.7 Å². The van der Waals surface area contributed by atoms with Crippen LogP contribution in [-0.4, -0.2) is 62.0 Å². The first-order valence-electron chi connectivity index (χ1n) is 10.4. The van der Waals surface area contributed by atoms with Crippen LogP contribution in [0.4, 0.5) is 5.82 Å². The summed E-state index contributed by atoms with van der Waals surface area (Å²) in [4.78, 5) is 25.5. The maximum absolute atomic E-state index is 12.4. The average Bonchev–Trinajstić information content (AvgIpc) is 3.34. The van der Waals surface area contributed by atoms with Crippen LogP contribution in [0.25, 0.3) is 11.2 Å². The second-order valence-corrected chi connectivity index (χ2v) is 9.11. The molecule has 33 heavy (non-hydrogen) atoms. The zero-order valence-corrected chi connectivity index (χ0v) is 19.3. The van der Waals surface area contributed by atoms with Crippen molar-refractivity contribution < 1.29 is 19.7 Å². The zero-order chi connectivity index (χ0) is 23.5. The van der Waals surface area contributed by atoms with Gasteiger partial charge < -0.3 is 30.2 Å². The fourth-order valence-corrected chi connectivity index (χ4v) is 5.44. The van der Waals surface area contributed by atoms with Gasteiger partial charge in [0.25, 0.3) is 0 Å². The van der Waals surface area contributed by atoms with Crippen molar-refractivity contribution in [1.29, 1.82) is 0 Å². The third-order valence-corrected chi connectivity index (χ3v) is 7.13. The number of fused-ring (bicyclic) bond motifs is 2. The molecule has 1 aromatic carbocycles. The normalized spacial score (nSPS) is 27.9. The molecular weight excluding hydrogens is 471 g/mol. The molecule has 2 aliphatic rings. The topological polar surface area (TPSA) is 134 Å². The van der Waals surface area contributed by atoms with Crippen LogP contribution in [0.5, 0.6) is 5.75 Å². The van der Waals surface area contributed by atoms with Crippen LogP contribution in [-0.2, 0) is 11.3 Å². The van der Waals surface area contributed by atoms with Crippen molar-refractivity contribution in [2.45, 2.75) is 31.2 Å². The molecule has 2 aliphatic carbocycles. The number of rotatable bonds is 6. The first kappa shape index (κ1) is 22.1. The Kier molecular flexibility index (Phi) is 5.36. The summed E-state index contributed by atoms with van der Waals surface area (Å²) in [5.41, 5.74) is 0.651. The largest absolute Gasteiger partial charge is 0.496 e. The SMILES string of the molecule is CNC(=O)[C@@]12C[C@@H]1[C@H](n1cnc3c(NCc4cc(Cl)ccc4OC)nc(Cl)nc31)[C@H](O)[C@@H]2O. The van der Waals surface area contributed by atoms with E-state index in [1.54, 1.807) is 29.9 Å². The van der Waals surface area contributed by atoms with Crippen LogP contribution in [0.3, 0.4) is 0 Å². The van der Waals surface area contributed by atoms with Crippen molar-refractivity contribution in [3.63, 3.8) is 0 Å². The van der Waals surface area contributed by atoms with Crippen molar-refractivity contribution in [3.05, 3.63) is 40.4 Å². The molecule has 0 saturated heterocycles. The lowest BCUT2D eigenvalue weighted by Gasteiger charge is -2.23. The highest BCUT2D eigenvalue weighted by atomic mass is 35.5. The number of hydrogen-bond acceptors (Lipinski definition) is 8. The Bertz CT molecular complexity index is 1250. The predicted octanol–water partition coefficient (Wildman–Crippen LogP) is 1.78. The number of carbonyl (C=O) groups excluding carboxylic acids is 1. The van der Waals surface area contributed by atoms with Gasteiger partial charge >= 0.3 is 0 Å². The van der Waals surface area contributed by atoms with E-state index in [1.165, 1.54) is 13.4 Å². The monoisotopic (exact) mass is 492 g/mol. The van der Waals surface area contributed by atoms with Gasteiger partial charge in [0.1, 0.15) is 11.9 Å². The maximum Gasteiger partial charge on any atom is 0.229 e. The number of amides is 1. The van der Waals surface area contributed by atoms with Crippen molar-refractivity contribution in [2.24, 2.45) is 11.3 Å². The molecule has 5 atom stereocenters. The Labute approximate surface area is 198 Å².